The SMILES string of the molecule is O=C(C(c1ccccc1)c1ccccc1)N1CCC(NS(=O)(=O)c2cccs2)CC1. The standard InChI is InChI=1S/C23H24N2O3S2/c26-23(22(18-8-3-1-4-9-18)19-10-5-2-6-11-19)25-15-13-20(14-16-25)24-30(27,28)21-12-7-17-29-21/h1-12,17,20,22,24H,13-16H2. The van der Waals surface area contributed by atoms with Gasteiger partial charge in [0.1, 0.15) is 4.21 Å². The Hall–Kier alpha value is -2.48. The minimum absolute atomic E-state index is 0.0620. The molecule has 4 rings (SSSR count). The first-order chi connectivity index (χ1) is 14.5. The van der Waals surface area contributed by atoms with Gasteiger partial charge in [0.25, 0.3) is 0 Å². The summed E-state index contributed by atoms with van der Waals surface area (Å²) in [6, 6.07) is 22.8. The van der Waals surface area contributed by atoms with Crippen LogP contribution in [0.2, 0.25) is 0 Å². The Morgan fingerprint density at radius 2 is 1.47 bits per heavy atom. The highest BCUT2D eigenvalue weighted by Gasteiger charge is 2.31. The number of carbonyl (C=O) groups excluding carboxylic acids is 1. The van der Waals surface area contributed by atoms with Gasteiger partial charge in [-0.1, -0.05) is 66.7 Å². The fraction of sp³-hybridized carbons (Fsp3) is 0.261. The number of piperidine rings is 1. The number of benzene rings is 2. The van der Waals surface area contributed by atoms with Crippen molar-refractivity contribution in [2.75, 3.05) is 13.1 Å². The predicted octanol–water partition coefficient (Wildman–Crippen LogP) is 3.85. The lowest BCUT2D eigenvalue weighted by atomic mass is 9.89. The van der Waals surface area contributed by atoms with Gasteiger partial charge in [0, 0.05) is 19.1 Å². The zero-order chi connectivity index (χ0) is 21.0. The van der Waals surface area contributed by atoms with E-state index >= 15 is 0 Å². The molecule has 30 heavy (non-hydrogen) atoms. The lowest BCUT2D eigenvalue weighted by Crippen LogP contribution is -2.47. The predicted molar refractivity (Wildman–Crippen MR) is 119 cm³/mol. The minimum Gasteiger partial charge on any atom is -0.342 e. The Labute approximate surface area is 181 Å². The van der Waals surface area contributed by atoms with Gasteiger partial charge in [0.2, 0.25) is 15.9 Å². The van der Waals surface area contributed by atoms with Crippen LogP contribution in [0.1, 0.15) is 29.9 Å². The quantitative estimate of drug-likeness (QED) is 0.633. The monoisotopic (exact) mass is 440 g/mol. The molecule has 5 nitrogen and oxygen atoms in total. The van der Waals surface area contributed by atoms with Gasteiger partial charge in [-0.3, -0.25) is 4.79 Å². The van der Waals surface area contributed by atoms with Crippen molar-refractivity contribution in [3.05, 3.63) is 89.3 Å². The Kier molecular flexibility index (Phi) is 6.32. The van der Waals surface area contributed by atoms with Crippen molar-refractivity contribution in [3.8, 4) is 0 Å². The summed E-state index contributed by atoms with van der Waals surface area (Å²) in [6.45, 7) is 1.07. The molecule has 1 saturated heterocycles. The molecule has 0 atom stereocenters. The third-order valence-corrected chi connectivity index (χ3v) is 8.32. The number of hydrogen-bond acceptors (Lipinski definition) is 4. The molecule has 1 amide bonds. The van der Waals surface area contributed by atoms with E-state index < -0.39 is 10.0 Å². The van der Waals surface area contributed by atoms with Gasteiger partial charge in [-0.2, -0.15) is 0 Å². The second-order valence-electron chi connectivity index (χ2n) is 7.41. The number of likely N-dealkylation sites (tertiary alicyclic amines) is 1. The van der Waals surface area contributed by atoms with E-state index in [0.717, 1.165) is 11.1 Å². The summed E-state index contributed by atoms with van der Waals surface area (Å²) in [5.41, 5.74) is 1.93. The largest absolute Gasteiger partial charge is 0.342 e. The molecule has 1 N–H and O–H groups in total. The molecule has 0 spiro atoms. The van der Waals surface area contributed by atoms with Crippen molar-refractivity contribution in [2.45, 2.75) is 29.0 Å². The number of nitrogens with zero attached hydrogens (tertiary/aromatic N) is 1. The van der Waals surface area contributed by atoms with E-state index in [4.69, 9.17) is 0 Å². The van der Waals surface area contributed by atoms with E-state index in [1.165, 1.54) is 11.3 Å². The molecule has 0 saturated carbocycles. The maximum absolute atomic E-state index is 13.5. The van der Waals surface area contributed by atoms with Crippen LogP contribution in [0.4, 0.5) is 0 Å². The summed E-state index contributed by atoms with van der Waals surface area (Å²) >= 11 is 1.21. The van der Waals surface area contributed by atoms with Crippen LogP contribution in [0.25, 0.3) is 0 Å². The molecule has 3 aromatic rings. The molecule has 0 radical (unpaired) electrons. The smallest absolute Gasteiger partial charge is 0.250 e. The fourth-order valence-corrected chi connectivity index (χ4v) is 6.18. The second kappa shape index (κ2) is 9.12. The number of sulfonamides is 1. The van der Waals surface area contributed by atoms with Crippen LogP contribution in [0, 0.1) is 0 Å². The van der Waals surface area contributed by atoms with E-state index in [0.29, 0.717) is 30.1 Å². The summed E-state index contributed by atoms with van der Waals surface area (Å²) in [4.78, 5) is 15.3. The van der Waals surface area contributed by atoms with Crippen LogP contribution in [0.15, 0.2) is 82.4 Å². The Morgan fingerprint density at radius 1 is 0.900 bits per heavy atom. The first-order valence-corrected chi connectivity index (χ1v) is 12.4. The van der Waals surface area contributed by atoms with E-state index in [-0.39, 0.29) is 17.9 Å². The summed E-state index contributed by atoms with van der Waals surface area (Å²) in [6.07, 6.45) is 1.21. The van der Waals surface area contributed by atoms with Gasteiger partial charge >= 0.3 is 0 Å². The Bertz CT molecular complexity index is 1020. The minimum atomic E-state index is -3.49. The molecule has 0 bridgehead atoms. The van der Waals surface area contributed by atoms with Crippen molar-refractivity contribution in [2.24, 2.45) is 0 Å². The summed E-state index contributed by atoms with van der Waals surface area (Å²) in [5.74, 6) is -0.293. The maximum Gasteiger partial charge on any atom is 0.250 e. The van der Waals surface area contributed by atoms with Crippen LogP contribution < -0.4 is 4.72 Å². The fourth-order valence-electron chi connectivity index (χ4n) is 3.86. The molecule has 1 aromatic heterocycles. The zero-order valence-electron chi connectivity index (χ0n) is 16.5. The Morgan fingerprint density at radius 3 is 1.97 bits per heavy atom. The van der Waals surface area contributed by atoms with Crippen molar-refractivity contribution < 1.29 is 13.2 Å². The molecule has 1 aliphatic rings. The third kappa shape index (κ3) is 4.64. The number of thiophene rings is 1. The highest BCUT2D eigenvalue weighted by molar-refractivity contribution is 7.91. The van der Waals surface area contributed by atoms with E-state index in [1.807, 2.05) is 65.6 Å². The Balaban J connectivity index is 1.46. The number of rotatable bonds is 6. The highest BCUT2D eigenvalue weighted by Crippen LogP contribution is 2.28. The average molecular weight is 441 g/mol. The highest BCUT2D eigenvalue weighted by atomic mass is 32.2. The molecule has 0 unspecified atom stereocenters. The van der Waals surface area contributed by atoms with Gasteiger partial charge in [0.05, 0.1) is 5.92 Å². The van der Waals surface area contributed by atoms with Crippen LogP contribution >= 0.6 is 11.3 Å². The summed E-state index contributed by atoms with van der Waals surface area (Å²) < 4.78 is 28.1. The summed E-state index contributed by atoms with van der Waals surface area (Å²) in [7, 11) is -3.49. The molecule has 2 heterocycles. The topological polar surface area (TPSA) is 66.5 Å². The molecule has 1 fully saturated rings. The van der Waals surface area contributed by atoms with Crippen molar-refractivity contribution in [1.82, 2.24) is 9.62 Å². The third-order valence-electron chi connectivity index (χ3n) is 5.40. The van der Waals surface area contributed by atoms with Gasteiger partial charge in [-0.25, -0.2) is 13.1 Å². The van der Waals surface area contributed by atoms with Crippen molar-refractivity contribution in [3.63, 3.8) is 0 Å². The number of amides is 1. The van der Waals surface area contributed by atoms with Gasteiger partial charge < -0.3 is 4.90 Å². The second-order valence-corrected chi connectivity index (χ2v) is 10.3. The van der Waals surface area contributed by atoms with E-state index in [2.05, 4.69) is 4.72 Å². The number of carbonyl (C=O) groups is 1. The maximum atomic E-state index is 13.5. The van der Waals surface area contributed by atoms with Crippen LogP contribution in [-0.4, -0.2) is 38.4 Å². The number of hydrogen-bond donors (Lipinski definition) is 1. The van der Waals surface area contributed by atoms with E-state index in [1.54, 1.807) is 17.5 Å². The molecule has 2 aromatic carbocycles. The van der Waals surface area contributed by atoms with Gasteiger partial charge in [0.15, 0.2) is 0 Å². The summed E-state index contributed by atoms with van der Waals surface area (Å²) in [5, 5.41) is 1.75. The molecule has 0 aliphatic carbocycles. The molecule has 1 aliphatic heterocycles. The van der Waals surface area contributed by atoms with Crippen molar-refractivity contribution in [1.29, 1.82) is 0 Å². The van der Waals surface area contributed by atoms with Crippen LogP contribution in [-0.2, 0) is 14.8 Å². The molecule has 7 heteroatoms. The van der Waals surface area contributed by atoms with Gasteiger partial charge in [-0.05, 0) is 35.4 Å². The first-order valence-electron chi connectivity index (χ1n) is 9.99. The number of nitrogens with one attached hydrogen (secondary N) is 1. The lowest BCUT2D eigenvalue weighted by Gasteiger charge is -2.34. The first kappa shape index (κ1) is 20.8. The van der Waals surface area contributed by atoms with Crippen LogP contribution in [0.3, 0.4) is 0 Å². The molecular weight excluding hydrogens is 416 g/mol. The molecule has 156 valence electrons. The van der Waals surface area contributed by atoms with Crippen LogP contribution in [0.5, 0.6) is 0 Å². The van der Waals surface area contributed by atoms with Crippen molar-refractivity contribution >= 4 is 27.3 Å². The normalized spacial score (nSPS) is 15.4. The zero-order valence-corrected chi connectivity index (χ0v) is 18.1. The average Bonchev–Trinajstić information content (AvgIpc) is 3.32. The lowest BCUT2D eigenvalue weighted by molar-refractivity contribution is -0.132. The van der Waals surface area contributed by atoms with E-state index in [9.17, 15) is 13.2 Å². The molecular formula is C23H24N2O3S2. The van der Waals surface area contributed by atoms with Gasteiger partial charge in [-0.15, -0.1) is 11.3 Å².